The van der Waals surface area contributed by atoms with Gasteiger partial charge in [0.05, 0.1) is 12.6 Å². The summed E-state index contributed by atoms with van der Waals surface area (Å²) in [5.74, 6) is -2.79. The van der Waals surface area contributed by atoms with Crippen LogP contribution in [-0.2, 0) is 6.67 Å². The van der Waals surface area contributed by atoms with Gasteiger partial charge in [0, 0.05) is 46.5 Å². The second-order valence-corrected chi connectivity index (χ2v) is 10.9. The van der Waals surface area contributed by atoms with Crippen molar-refractivity contribution in [3.05, 3.63) is 65.1 Å². The highest BCUT2D eigenvalue weighted by atomic mass is 32.2. The summed E-state index contributed by atoms with van der Waals surface area (Å²) in [7, 11) is 1.51. The van der Waals surface area contributed by atoms with E-state index in [2.05, 4.69) is 9.88 Å². The lowest BCUT2D eigenvalue weighted by Crippen LogP contribution is -2.42. The fourth-order valence-electron chi connectivity index (χ4n) is 5.06. The minimum Gasteiger partial charge on any atom is -0.497 e. The van der Waals surface area contributed by atoms with Crippen molar-refractivity contribution in [3.8, 4) is 5.75 Å². The van der Waals surface area contributed by atoms with Crippen LogP contribution in [0.1, 0.15) is 43.0 Å². The molecule has 1 atom stereocenters. The number of aliphatic hydroxyl groups excluding tert-OH is 1. The molecular formula is C28H31F5N2O2S. The molecule has 0 aliphatic carbocycles. The molecule has 0 unspecified atom stereocenters. The van der Waals surface area contributed by atoms with E-state index in [-0.39, 0.29) is 24.2 Å². The van der Waals surface area contributed by atoms with Gasteiger partial charge in [-0.25, -0.2) is 22.0 Å². The third-order valence-corrected chi connectivity index (χ3v) is 8.43. The third kappa shape index (κ3) is 6.40. The monoisotopic (exact) mass is 554 g/mol. The molecule has 0 bridgehead atoms. The van der Waals surface area contributed by atoms with Crippen LogP contribution in [0.3, 0.4) is 0 Å². The van der Waals surface area contributed by atoms with E-state index in [9.17, 15) is 22.7 Å². The number of pyridine rings is 1. The molecule has 0 radical (unpaired) electrons. The quantitative estimate of drug-likeness (QED) is 0.161. The predicted octanol–water partition coefficient (Wildman–Crippen LogP) is 6.79. The molecule has 4 rings (SSSR count). The average Bonchev–Trinajstić information content (AvgIpc) is 2.94. The highest BCUT2D eigenvalue weighted by Gasteiger charge is 2.35. The Morgan fingerprint density at radius 2 is 1.84 bits per heavy atom. The number of methoxy groups -OCH3 is 1. The van der Waals surface area contributed by atoms with Crippen molar-refractivity contribution in [2.24, 2.45) is 5.41 Å². The third-order valence-electron chi connectivity index (χ3n) is 7.47. The van der Waals surface area contributed by atoms with Crippen molar-refractivity contribution in [1.29, 1.82) is 0 Å². The fraction of sp³-hybridized carbons (Fsp3) is 0.464. The summed E-state index contributed by atoms with van der Waals surface area (Å²) in [5, 5.41) is 10.7. The fourth-order valence-corrected chi connectivity index (χ4v) is 6.02. The van der Waals surface area contributed by atoms with Crippen molar-refractivity contribution in [2.75, 3.05) is 39.1 Å². The summed E-state index contributed by atoms with van der Waals surface area (Å²) in [5.41, 5.74) is 0.625. The lowest BCUT2D eigenvalue weighted by atomic mass is 9.74. The lowest BCUT2D eigenvalue weighted by molar-refractivity contribution is 0.0322. The van der Waals surface area contributed by atoms with Gasteiger partial charge in [-0.3, -0.25) is 4.98 Å². The number of benzene rings is 2. The Balaban J connectivity index is 1.34. The Bertz CT molecular complexity index is 1230. The van der Waals surface area contributed by atoms with Gasteiger partial charge < -0.3 is 14.7 Å². The highest BCUT2D eigenvalue weighted by molar-refractivity contribution is 7.99. The molecule has 1 saturated heterocycles. The average molecular weight is 555 g/mol. The summed E-state index contributed by atoms with van der Waals surface area (Å²) in [6.07, 6.45) is 1.88. The van der Waals surface area contributed by atoms with Gasteiger partial charge in [-0.2, -0.15) is 0 Å². The molecule has 1 aliphatic rings. The zero-order valence-electron chi connectivity index (χ0n) is 21.2. The van der Waals surface area contributed by atoms with Gasteiger partial charge in [0.2, 0.25) is 0 Å². The van der Waals surface area contributed by atoms with Crippen LogP contribution < -0.4 is 4.74 Å². The Labute approximate surface area is 223 Å². The van der Waals surface area contributed by atoms with Crippen molar-refractivity contribution in [2.45, 2.75) is 43.4 Å². The van der Waals surface area contributed by atoms with E-state index in [4.69, 9.17) is 4.74 Å². The number of rotatable bonds is 11. The molecule has 1 aromatic heterocycles. The highest BCUT2D eigenvalue weighted by Crippen LogP contribution is 2.41. The lowest BCUT2D eigenvalue weighted by Gasteiger charge is -2.41. The first kappa shape index (κ1) is 28.6. The van der Waals surface area contributed by atoms with Crippen LogP contribution in [0.2, 0.25) is 0 Å². The summed E-state index contributed by atoms with van der Waals surface area (Å²) in [4.78, 5) is 6.76. The number of nitrogens with zero attached hydrogens (tertiary/aromatic N) is 2. The number of aliphatic hydroxyl groups is 1. The molecule has 0 saturated carbocycles. The van der Waals surface area contributed by atoms with Crippen LogP contribution in [0.15, 0.2) is 41.4 Å². The number of halogens is 5. The summed E-state index contributed by atoms with van der Waals surface area (Å²) in [6, 6.07) is 7.10. The van der Waals surface area contributed by atoms with Crippen LogP contribution >= 0.6 is 11.8 Å². The van der Waals surface area contributed by atoms with Crippen LogP contribution in [0.4, 0.5) is 22.0 Å². The number of hydrogen-bond acceptors (Lipinski definition) is 5. The normalized spacial score (nSPS) is 16.6. The van der Waals surface area contributed by atoms with Gasteiger partial charge >= 0.3 is 0 Å². The molecule has 2 aromatic carbocycles. The van der Waals surface area contributed by atoms with Gasteiger partial charge in [-0.05, 0) is 74.5 Å². The number of hydrogen-bond donors (Lipinski definition) is 1. The zero-order valence-corrected chi connectivity index (χ0v) is 22.0. The number of alkyl halides is 2. The van der Waals surface area contributed by atoms with Crippen molar-refractivity contribution < 1.29 is 31.8 Å². The van der Waals surface area contributed by atoms with E-state index in [1.54, 1.807) is 18.2 Å². The molecule has 206 valence electrons. The topological polar surface area (TPSA) is 45.6 Å². The van der Waals surface area contributed by atoms with Gasteiger partial charge in [-0.1, -0.05) is 0 Å². The second kappa shape index (κ2) is 12.6. The molecule has 0 amide bonds. The molecule has 4 nitrogen and oxygen atoms in total. The summed E-state index contributed by atoms with van der Waals surface area (Å²) >= 11 is 1.24. The largest absolute Gasteiger partial charge is 0.497 e. The number of aromatic nitrogens is 1. The van der Waals surface area contributed by atoms with Crippen LogP contribution in [0.25, 0.3) is 10.9 Å². The van der Waals surface area contributed by atoms with E-state index in [0.29, 0.717) is 66.2 Å². The van der Waals surface area contributed by atoms with Crippen molar-refractivity contribution >= 4 is 22.7 Å². The molecule has 0 spiro atoms. The van der Waals surface area contributed by atoms with Crippen LogP contribution in [-0.4, -0.2) is 54.1 Å². The minimum atomic E-state index is -1.47. The predicted molar refractivity (Wildman–Crippen MR) is 138 cm³/mol. The molecule has 1 aliphatic heterocycles. The van der Waals surface area contributed by atoms with Gasteiger partial charge in [0.25, 0.3) is 0 Å². The standard InChI is InChI=1S/C28H31F5N2O2S/c1-37-19-2-3-25-21(12-19)26(18(15-29)16-34-25)22(30)4-5-28(17-36)6-8-35(9-7-28)10-11-38-20-13-23(31)27(33)24(32)14-20/h2-3,12-14,16,22,36H,4-11,15,17H2,1H3/t22-/m0/s1. The maximum absolute atomic E-state index is 15.7. The molecule has 1 fully saturated rings. The van der Waals surface area contributed by atoms with Crippen LogP contribution in [0.5, 0.6) is 5.75 Å². The van der Waals surface area contributed by atoms with E-state index in [1.807, 2.05) is 0 Å². The van der Waals surface area contributed by atoms with Gasteiger partial charge in [-0.15, -0.1) is 11.8 Å². The summed E-state index contributed by atoms with van der Waals surface area (Å²) in [6.45, 7) is 1.14. The van der Waals surface area contributed by atoms with E-state index >= 15 is 4.39 Å². The molecule has 10 heteroatoms. The van der Waals surface area contributed by atoms with Crippen LogP contribution in [0, 0.1) is 22.9 Å². The number of piperidine rings is 1. The Morgan fingerprint density at radius 3 is 2.47 bits per heavy atom. The Hall–Kier alpha value is -2.43. The first-order chi connectivity index (χ1) is 18.3. The first-order valence-corrected chi connectivity index (χ1v) is 13.5. The molecular weight excluding hydrogens is 523 g/mol. The molecule has 3 aromatic rings. The summed E-state index contributed by atoms with van der Waals surface area (Å²) < 4.78 is 74.7. The second-order valence-electron chi connectivity index (χ2n) is 9.77. The number of likely N-dealkylation sites (tertiary alicyclic amines) is 1. The van der Waals surface area contributed by atoms with Gasteiger partial charge in [0.15, 0.2) is 17.5 Å². The maximum Gasteiger partial charge on any atom is 0.194 e. The smallest absolute Gasteiger partial charge is 0.194 e. The molecule has 2 heterocycles. The number of ether oxygens (including phenoxy) is 1. The SMILES string of the molecule is COc1ccc2ncc(CF)c([C@@H](F)CCC3(CO)CCN(CCSc4cc(F)c(F)c(F)c4)CC3)c2c1. The first-order valence-electron chi connectivity index (χ1n) is 12.6. The van der Waals surface area contributed by atoms with E-state index in [1.165, 1.54) is 25.1 Å². The van der Waals surface area contributed by atoms with Gasteiger partial charge in [0.1, 0.15) is 18.6 Å². The van der Waals surface area contributed by atoms with E-state index in [0.717, 1.165) is 12.1 Å². The molecule has 1 N–H and O–H groups in total. The van der Waals surface area contributed by atoms with E-state index < -0.39 is 35.7 Å². The minimum absolute atomic E-state index is 0.0721. The zero-order chi connectivity index (χ0) is 27.3. The number of thioether (sulfide) groups is 1. The number of fused-ring (bicyclic) bond motifs is 1. The Morgan fingerprint density at radius 1 is 1.13 bits per heavy atom. The maximum atomic E-state index is 15.7. The Kier molecular flexibility index (Phi) is 9.49. The van der Waals surface area contributed by atoms with Crippen molar-refractivity contribution in [3.63, 3.8) is 0 Å². The van der Waals surface area contributed by atoms with Crippen molar-refractivity contribution in [1.82, 2.24) is 9.88 Å². The molecule has 38 heavy (non-hydrogen) atoms.